The molecule has 2 aliphatic rings. The van der Waals surface area contributed by atoms with Crippen molar-refractivity contribution in [2.45, 2.75) is 69.9 Å². The van der Waals surface area contributed by atoms with Crippen LogP contribution in [-0.4, -0.2) is 21.2 Å². The number of nitrogens with zero attached hydrogens (tertiary/aromatic N) is 3. The normalized spacial score (nSPS) is 20.3. The molecule has 0 radical (unpaired) electrons. The molecule has 0 spiro atoms. The van der Waals surface area contributed by atoms with Gasteiger partial charge in [-0.25, -0.2) is 4.68 Å². The lowest BCUT2D eigenvalue weighted by Crippen LogP contribution is -2.51. The number of hydrogen-bond donors (Lipinski definition) is 1. The van der Waals surface area contributed by atoms with Crippen molar-refractivity contribution in [1.82, 2.24) is 15.1 Å². The van der Waals surface area contributed by atoms with Crippen LogP contribution in [-0.2, 0) is 17.6 Å². The molecule has 0 saturated heterocycles. The van der Waals surface area contributed by atoms with E-state index in [1.54, 1.807) is 13.0 Å². The van der Waals surface area contributed by atoms with Gasteiger partial charge in [-0.15, -0.1) is 0 Å². The summed E-state index contributed by atoms with van der Waals surface area (Å²) in [6.07, 6.45) is 7.08. The van der Waals surface area contributed by atoms with E-state index in [4.69, 9.17) is 0 Å². The summed E-state index contributed by atoms with van der Waals surface area (Å²) in [5, 5.41) is 16.7. The molecule has 0 aliphatic heterocycles. The van der Waals surface area contributed by atoms with E-state index in [2.05, 4.69) is 16.5 Å². The maximum absolute atomic E-state index is 12.6. The van der Waals surface area contributed by atoms with E-state index < -0.39 is 11.6 Å². The summed E-state index contributed by atoms with van der Waals surface area (Å²) in [7, 11) is 0. The van der Waals surface area contributed by atoms with Crippen LogP contribution < -0.4 is 10.9 Å². The van der Waals surface area contributed by atoms with Crippen molar-refractivity contribution in [1.29, 1.82) is 5.26 Å². The van der Waals surface area contributed by atoms with Crippen LogP contribution in [0.1, 0.15) is 62.7 Å². The summed E-state index contributed by atoms with van der Waals surface area (Å²) in [4.78, 5) is 24.8. The summed E-state index contributed by atoms with van der Waals surface area (Å²) in [6, 6.07) is 3.16. The molecule has 23 heavy (non-hydrogen) atoms. The van der Waals surface area contributed by atoms with Crippen molar-refractivity contribution < 1.29 is 4.79 Å². The largest absolute Gasteiger partial charge is 0.336 e. The van der Waals surface area contributed by atoms with Gasteiger partial charge in [0.2, 0.25) is 5.91 Å². The minimum Gasteiger partial charge on any atom is -0.336 e. The molecule has 1 aromatic rings. The molecule has 6 heteroatoms. The third-order valence-electron chi connectivity index (χ3n) is 5.01. The van der Waals surface area contributed by atoms with Crippen LogP contribution in [0, 0.1) is 11.3 Å². The number of hydrogen-bond acceptors (Lipinski definition) is 4. The zero-order valence-electron chi connectivity index (χ0n) is 13.5. The summed E-state index contributed by atoms with van der Waals surface area (Å²) < 4.78 is 1.26. The number of aryl methyl sites for hydroxylation is 2. The Hall–Kier alpha value is -2.16. The number of nitriles is 1. The molecule has 1 saturated carbocycles. The molecule has 0 bridgehead atoms. The quantitative estimate of drug-likeness (QED) is 0.918. The van der Waals surface area contributed by atoms with E-state index in [-0.39, 0.29) is 11.5 Å². The van der Waals surface area contributed by atoms with Gasteiger partial charge in [0.25, 0.3) is 5.56 Å². The van der Waals surface area contributed by atoms with Crippen LogP contribution in [0.2, 0.25) is 0 Å². The molecular weight excluding hydrogens is 292 g/mol. The summed E-state index contributed by atoms with van der Waals surface area (Å²) in [5.41, 5.74) is 0.878. The first-order valence-corrected chi connectivity index (χ1v) is 8.39. The van der Waals surface area contributed by atoms with Gasteiger partial charge < -0.3 is 5.32 Å². The Morgan fingerprint density at radius 3 is 2.78 bits per heavy atom. The molecule has 1 fully saturated rings. The molecule has 1 amide bonds. The van der Waals surface area contributed by atoms with Crippen LogP contribution >= 0.6 is 0 Å². The predicted molar refractivity (Wildman–Crippen MR) is 84.8 cm³/mol. The highest BCUT2D eigenvalue weighted by molar-refractivity contribution is 5.81. The van der Waals surface area contributed by atoms with Gasteiger partial charge in [-0.3, -0.25) is 9.59 Å². The number of fused-ring (bicyclic) bond motifs is 1. The number of aromatic nitrogens is 2. The minimum absolute atomic E-state index is 0.247. The van der Waals surface area contributed by atoms with Crippen molar-refractivity contribution in [2.24, 2.45) is 0 Å². The van der Waals surface area contributed by atoms with E-state index in [0.29, 0.717) is 12.8 Å². The van der Waals surface area contributed by atoms with Crippen molar-refractivity contribution in [3.8, 4) is 6.07 Å². The van der Waals surface area contributed by atoms with E-state index in [1.165, 1.54) is 4.68 Å². The second-order valence-corrected chi connectivity index (χ2v) is 6.67. The number of amides is 1. The SMILES string of the molecule is CC(C(=O)NC1(C#N)CCCCC1)n1nc2c(cc1=O)CCC2. The van der Waals surface area contributed by atoms with Gasteiger partial charge in [0.1, 0.15) is 11.6 Å². The lowest BCUT2D eigenvalue weighted by molar-refractivity contribution is -0.126. The van der Waals surface area contributed by atoms with Crippen LogP contribution in [0.15, 0.2) is 10.9 Å². The number of carbonyl (C=O) groups excluding carboxylic acids is 1. The van der Waals surface area contributed by atoms with Crippen LogP contribution in [0.5, 0.6) is 0 Å². The Morgan fingerprint density at radius 1 is 1.35 bits per heavy atom. The molecule has 1 unspecified atom stereocenters. The van der Waals surface area contributed by atoms with E-state index >= 15 is 0 Å². The molecule has 1 N–H and O–H groups in total. The van der Waals surface area contributed by atoms with E-state index in [0.717, 1.165) is 49.8 Å². The predicted octanol–water partition coefficient (Wildman–Crippen LogP) is 1.64. The average Bonchev–Trinajstić information content (AvgIpc) is 3.01. The monoisotopic (exact) mass is 314 g/mol. The second-order valence-electron chi connectivity index (χ2n) is 6.67. The first-order valence-electron chi connectivity index (χ1n) is 8.39. The molecule has 2 aliphatic carbocycles. The van der Waals surface area contributed by atoms with Crippen LogP contribution in [0.25, 0.3) is 0 Å². The summed E-state index contributed by atoms with van der Waals surface area (Å²) >= 11 is 0. The third kappa shape index (κ3) is 3.00. The van der Waals surface area contributed by atoms with Crippen LogP contribution in [0.3, 0.4) is 0 Å². The maximum Gasteiger partial charge on any atom is 0.267 e. The Labute approximate surface area is 135 Å². The highest BCUT2D eigenvalue weighted by Gasteiger charge is 2.35. The number of nitrogens with one attached hydrogen (secondary N) is 1. The number of carbonyl (C=O) groups is 1. The van der Waals surface area contributed by atoms with Gasteiger partial charge in [-0.05, 0) is 44.6 Å². The van der Waals surface area contributed by atoms with Crippen molar-refractivity contribution in [3.05, 3.63) is 27.7 Å². The van der Waals surface area contributed by atoms with Crippen molar-refractivity contribution >= 4 is 5.91 Å². The van der Waals surface area contributed by atoms with Crippen molar-refractivity contribution in [3.63, 3.8) is 0 Å². The van der Waals surface area contributed by atoms with E-state index in [9.17, 15) is 14.9 Å². The fraction of sp³-hybridized carbons (Fsp3) is 0.647. The maximum atomic E-state index is 12.6. The molecule has 6 nitrogen and oxygen atoms in total. The van der Waals surface area contributed by atoms with Gasteiger partial charge in [-0.1, -0.05) is 19.3 Å². The topological polar surface area (TPSA) is 87.8 Å². The molecule has 122 valence electrons. The van der Waals surface area contributed by atoms with Crippen molar-refractivity contribution in [2.75, 3.05) is 0 Å². The fourth-order valence-corrected chi connectivity index (χ4v) is 3.56. The molecule has 0 aromatic carbocycles. The van der Waals surface area contributed by atoms with Gasteiger partial charge in [0, 0.05) is 6.07 Å². The Kier molecular flexibility index (Phi) is 4.20. The zero-order chi connectivity index (χ0) is 16.4. The highest BCUT2D eigenvalue weighted by Crippen LogP contribution is 2.28. The molecule has 1 heterocycles. The first-order chi connectivity index (χ1) is 11.0. The zero-order valence-corrected chi connectivity index (χ0v) is 13.5. The summed E-state index contributed by atoms with van der Waals surface area (Å²) in [6.45, 7) is 1.67. The average molecular weight is 314 g/mol. The Morgan fingerprint density at radius 2 is 2.09 bits per heavy atom. The molecule has 3 rings (SSSR count). The second kappa shape index (κ2) is 6.15. The standard InChI is InChI=1S/C17H22N4O2/c1-12(16(23)19-17(11-18)8-3-2-4-9-17)21-15(22)10-13-6-5-7-14(13)20-21/h10,12H,2-9H2,1H3,(H,19,23). The minimum atomic E-state index is -0.788. The van der Waals surface area contributed by atoms with Crippen LogP contribution in [0.4, 0.5) is 0 Å². The smallest absolute Gasteiger partial charge is 0.267 e. The van der Waals surface area contributed by atoms with Gasteiger partial charge >= 0.3 is 0 Å². The summed E-state index contributed by atoms with van der Waals surface area (Å²) in [5.74, 6) is -0.305. The molecule has 1 atom stereocenters. The Balaban J connectivity index is 1.80. The lowest BCUT2D eigenvalue weighted by Gasteiger charge is -2.32. The Bertz CT molecular complexity index is 710. The van der Waals surface area contributed by atoms with Gasteiger partial charge in [0.15, 0.2) is 0 Å². The third-order valence-corrected chi connectivity index (χ3v) is 5.01. The van der Waals surface area contributed by atoms with Gasteiger partial charge in [-0.2, -0.15) is 10.4 Å². The fourth-order valence-electron chi connectivity index (χ4n) is 3.56. The highest BCUT2D eigenvalue weighted by atomic mass is 16.2. The van der Waals surface area contributed by atoms with Gasteiger partial charge in [0.05, 0.1) is 11.8 Å². The van der Waals surface area contributed by atoms with E-state index in [1.807, 2.05) is 0 Å². The number of rotatable bonds is 3. The lowest BCUT2D eigenvalue weighted by atomic mass is 9.82. The first kappa shape index (κ1) is 15.7. The molecule has 1 aromatic heterocycles. The molecular formula is C17H22N4O2.